The molecule has 162 valence electrons. The molecule has 0 aromatic heterocycles. The molecule has 0 fully saturated rings. The largest absolute Gasteiger partial charge is 0.497 e. The summed E-state index contributed by atoms with van der Waals surface area (Å²) < 4.78 is 31.0. The topological polar surface area (TPSA) is 44.8 Å². The van der Waals surface area contributed by atoms with E-state index in [2.05, 4.69) is 0 Å². The van der Waals surface area contributed by atoms with E-state index in [1.807, 2.05) is 45.0 Å². The van der Waals surface area contributed by atoms with Crippen LogP contribution in [-0.4, -0.2) is 20.0 Å². The molecule has 0 saturated heterocycles. The zero-order chi connectivity index (χ0) is 22.6. The zero-order valence-electron chi connectivity index (χ0n) is 18.5. The van der Waals surface area contributed by atoms with E-state index in [4.69, 9.17) is 14.2 Å². The normalized spacial score (nSPS) is 11.2. The van der Waals surface area contributed by atoms with E-state index in [-0.39, 0.29) is 5.78 Å². The highest BCUT2D eigenvalue weighted by Crippen LogP contribution is 2.35. The standard InChI is InChI=1S/C26H27FO4/c1-26(2,3)25(28)23-15-20(31-16-17-6-8-18(29-4)9-7-17)10-12-21(23)22-14-19(30-5)11-13-24(22)27/h6-15H,16H2,1-5H3. The number of halogens is 1. The van der Waals surface area contributed by atoms with E-state index in [0.29, 0.717) is 34.8 Å². The second-order valence-corrected chi connectivity index (χ2v) is 8.27. The third-order valence-corrected chi connectivity index (χ3v) is 4.95. The predicted octanol–water partition coefficient (Wildman–Crippen LogP) is 6.32. The minimum absolute atomic E-state index is 0.0976. The maximum absolute atomic E-state index is 14.7. The first-order valence-corrected chi connectivity index (χ1v) is 10.0. The van der Waals surface area contributed by atoms with Crippen LogP contribution in [0.15, 0.2) is 60.7 Å². The molecule has 0 amide bonds. The third kappa shape index (κ3) is 5.23. The van der Waals surface area contributed by atoms with E-state index < -0.39 is 11.2 Å². The van der Waals surface area contributed by atoms with Crippen molar-refractivity contribution >= 4 is 5.78 Å². The second-order valence-electron chi connectivity index (χ2n) is 8.27. The Balaban J connectivity index is 1.98. The van der Waals surface area contributed by atoms with Gasteiger partial charge in [0.2, 0.25) is 0 Å². The van der Waals surface area contributed by atoms with Gasteiger partial charge in [-0.15, -0.1) is 0 Å². The molecule has 0 bridgehead atoms. The lowest BCUT2D eigenvalue weighted by Crippen LogP contribution is -2.21. The van der Waals surface area contributed by atoms with Gasteiger partial charge in [0.1, 0.15) is 29.7 Å². The molecule has 0 N–H and O–H groups in total. The molecule has 0 spiro atoms. The number of Topliss-reactive ketones (excluding diaryl/α,β-unsaturated/α-hetero) is 1. The maximum Gasteiger partial charge on any atom is 0.168 e. The van der Waals surface area contributed by atoms with Gasteiger partial charge in [0.05, 0.1) is 14.2 Å². The molecule has 3 aromatic carbocycles. The van der Waals surface area contributed by atoms with Gasteiger partial charge >= 0.3 is 0 Å². The molecule has 0 radical (unpaired) electrons. The fourth-order valence-electron chi connectivity index (χ4n) is 3.17. The summed E-state index contributed by atoms with van der Waals surface area (Å²) in [6.07, 6.45) is 0. The van der Waals surface area contributed by atoms with Gasteiger partial charge in [0.15, 0.2) is 5.78 Å². The lowest BCUT2D eigenvalue weighted by molar-refractivity contribution is 0.0858. The molecule has 0 atom stereocenters. The molecule has 0 unspecified atom stereocenters. The number of benzene rings is 3. The molecule has 0 aliphatic carbocycles. The molecule has 5 heteroatoms. The van der Waals surface area contributed by atoms with Crippen LogP contribution in [0.25, 0.3) is 11.1 Å². The zero-order valence-corrected chi connectivity index (χ0v) is 18.5. The number of ether oxygens (including phenoxy) is 3. The average molecular weight is 422 g/mol. The number of ketones is 1. The predicted molar refractivity (Wildman–Crippen MR) is 119 cm³/mol. The summed E-state index contributed by atoms with van der Waals surface area (Å²) in [5.74, 6) is 1.31. The van der Waals surface area contributed by atoms with Crippen molar-refractivity contribution in [1.82, 2.24) is 0 Å². The summed E-state index contributed by atoms with van der Waals surface area (Å²) in [6, 6.07) is 17.2. The fourth-order valence-corrected chi connectivity index (χ4v) is 3.17. The molecule has 3 rings (SSSR count). The van der Waals surface area contributed by atoms with E-state index in [9.17, 15) is 9.18 Å². The Morgan fingerprint density at radius 1 is 0.806 bits per heavy atom. The molecule has 0 aliphatic rings. The SMILES string of the molecule is COc1ccc(COc2ccc(-c3cc(OC)ccc3F)c(C(=O)C(C)(C)C)c2)cc1. The van der Waals surface area contributed by atoms with Crippen LogP contribution >= 0.6 is 0 Å². The minimum Gasteiger partial charge on any atom is -0.497 e. The quantitative estimate of drug-likeness (QED) is 0.418. The third-order valence-electron chi connectivity index (χ3n) is 4.95. The van der Waals surface area contributed by atoms with Crippen molar-refractivity contribution < 1.29 is 23.4 Å². The maximum atomic E-state index is 14.7. The minimum atomic E-state index is -0.640. The van der Waals surface area contributed by atoms with Crippen LogP contribution in [0.1, 0.15) is 36.7 Å². The Morgan fingerprint density at radius 2 is 1.42 bits per heavy atom. The van der Waals surface area contributed by atoms with E-state index >= 15 is 0 Å². The molecule has 0 aliphatic heterocycles. The van der Waals surface area contributed by atoms with E-state index in [0.717, 1.165) is 11.3 Å². The van der Waals surface area contributed by atoms with Crippen LogP contribution in [0.3, 0.4) is 0 Å². The van der Waals surface area contributed by atoms with Crippen LogP contribution in [0.2, 0.25) is 0 Å². The van der Waals surface area contributed by atoms with Gasteiger partial charge in [-0.3, -0.25) is 4.79 Å². The number of carbonyl (C=O) groups is 1. The Kier molecular flexibility index (Phi) is 6.64. The number of carbonyl (C=O) groups excluding carboxylic acids is 1. The van der Waals surface area contributed by atoms with Crippen molar-refractivity contribution in [3.05, 3.63) is 77.6 Å². The lowest BCUT2D eigenvalue weighted by Gasteiger charge is -2.20. The molecule has 4 nitrogen and oxygen atoms in total. The van der Waals surface area contributed by atoms with E-state index in [1.54, 1.807) is 37.4 Å². The summed E-state index contributed by atoms with van der Waals surface area (Å²) in [5, 5.41) is 0. The van der Waals surface area contributed by atoms with Crippen molar-refractivity contribution in [1.29, 1.82) is 0 Å². The van der Waals surface area contributed by atoms with E-state index in [1.165, 1.54) is 13.2 Å². The van der Waals surface area contributed by atoms with Gasteiger partial charge in [0, 0.05) is 16.5 Å². The van der Waals surface area contributed by atoms with Gasteiger partial charge in [-0.25, -0.2) is 4.39 Å². The van der Waals surface area contributed by atoms with Crippen LogP contribution in [-0.2, 0) is 6.61 Å². The lowest BCUT2D eigenvalue weighted by atomic mass is 9.83. The van der Waals surface area contributed by atoms with Gasteiger partial charge in [-0.2, -0.15) is 0 Å². The first kappa shape index (κ1) is 22.3. The molecule has 31 heavy (non-hydrogen) atoms. The summed E-state index contributed by atoms with van der Waals surface area (Å²) in [5.41, 5.74) is 1.56. The Labute approximate surface area is 182 Å². The Morgan fingerprint density at radius 3 is 2.03 bits per heavy atom. The summed E-state index contributed by atoms with van der Waals surface area (Å²) >= 11 is 0. The summed E-state index contributed by atoms with van der Waals surface area (Å²) in [6.45, 7) is 5.85. The Bertz CT molecular complexity index is 1070. The fraction of sp³-hybridized carbons (Fsp3) is 0.269. The first-order valence-electron chi connectivity index (χ1n) is 10.0. The number of methoxy groups -OCH3 is 2. The van der Waals surface area contributed by atoms with Crippen molar-refractivity contribution in [2.24, 2.45) is 5.41 Å². The Hall–Kier alpha value is -3.34. The van der Waals surface area contributed by atoms with Crippen molar-refractivity contribution in [3.8, 4) is 28.4 Å². The van der Waals surface area contributed by atoms with Crippen LogP contribution in [0, 0.1) is 11.2 Å². The van der Waals surface area contributed by atoms with Gasteiger partial charge < -0.3 is 14.2 Å². The molecule has 0 heterocycles. The summed E-state index contributed by atoms with van der Waals surface area (Å²) in [4.78, 5) is 13.2. The van der Waals surface area contributed by atoms with Crippen molar-refractivity contribution in [3.63, 3.8) is 0 Å². The van der Waals surface area contributed by atoms with Crippen LogP contribution in [0.5, 0.6) is 17.2 Å². The van der Waals surface area contributed by atoms with Crippen LogP contribution in [0.4, 0.5) is 4.39 Å². The average Bonchev–Trinajstić information content (AvgIpc) is 2.77. The van der Waals surface area contributed by atoms with Crippen molar-refractivity contribution in [2.45, 2.75) is 27.4 Å². The molecule has 3 aromatic rings. The molecular weight excluding hydrogens is 395 g/mol. The highest BCUT2D eigenvalue weighted by atomic mass is 19.1. The monoisotopic (exact) mass is 422 g/mol. The molecular formula is C26H27FO4. The summed E-state index contributed by atoms with van der Waals surface area (Å²) in [7, 11) is 3.14. The van der Waals surface area contributed by atoms with Gasteiger partial charge in [-0.1, -0.05) is 32.9 Å². The highest BCUT2D eigenvalue weighted by molar-refractivity contribution is 6.05. The second kappa shape index (κ2) is 9.21. The first-order chi connectivity index (χ1) is 14.7. The number of rotatable bonds is 7. The van der Waals surface area contributed by atoms with Crippen molar-refractivity contribution in [2.75, 3.05) is 14.2 Å². The highest BCUT2D eigenvalue weighted by Gasteiger charge is 2.27. The smallest absolute Gasteiger partial charge is 0.168 e. The number of hydrogen-bond acceptors (Lipinski definition) is 4. The van der Waals surface area contributed by atoms with Crippen LogP contribution < -0.4 is 14.2 Å². The molecule has 0 saturated carbocycles. The number of hydrogen-bond donors (Lipinski definition) is 0. The van der Waals surface area contributed by atoms with Gasteiger partial charge in [-0.05, 0) is 59.7 Å². The van der Waals surface area contributed by atoms with Gasteiger partial charge in [0.25, 0.3) is 0 Å².